The van der Waals surface area contributed by atoms with Crippen LogP contribution in [0.1, 0.15) is 24.6 Å². The van der Waals surface area contributed by atoms with Crippen LogP contribution in [-0.4, -0.2) is 0 Å². The Kier molecular flexibility index (Phi) is 3.27. The van der Waals surface area contributed by atoms with Crippen molar-refractivity contribution < 1.29 is 0 Å². The molecule has 2 aromatic rings. The molecule has 0 N–H and O–H groups in total. The lowest BCUT2D eigenvalue weighted by atomic mass is 10.1. The minimum Gasteiger partial charge on any atom is -0.139 e. The van der Waals surface area contributed by atoms with Gasteiger partial charge in [-0.2, -0.15) is 0 Å². The SMILES string of the molecule is CC(C)c1sc(-c2ccccc2)cc1Br. The molecule has 0 unspecified atom stereocenters. The average molecular weight is 281 g/mol. The third-order valence-corrected chi connectivity index (χ3v) is 4.70. The maximum absolute atomic E-state index is 3.63. The fraction of sp³-hybridized carbons (Fsp3) is 0.231. The van der Waals surface area contributed by atoms with Gasteiger partial charge in [-0.3, -0.25) is 0 Å². The van der Waals surface area contributed by atoms with Crippen LogP contribution in [0.5, 0.6) is 0 Å². The Morgan fingerprint density at radius 2 is 1.80 bits per heavy atom. The lowest BCUT2D eigenvalue weighted by Gasteiger charge is -2.00. The molecule has 2 heteroatoms. The first-order chi connectivity index (χ1) is 7.18. The van der Waals surface area contributed by atoms with Crippen molar-refractivity contribution >= 4 is 27.3 Å². The second-order valence-corrected chi connectivity index (χ2v) is 5.78. The van der Waals surface area contributed by atoms with Crippen molar-refractivity contribution in [1.29, 1.82) is 0 Å². The Morgan fingerprint density at radius 3 is 2.33 bits per heavy atom. The van der Waals surface area contributed by atoms with E-state index in [-0.39, 0.29) is 0 Å². The van der Waals surface area contributed by atoms with E-state index >= 15 is 0 Å². The quantitative estimate of drug-likeness (QED) is 0.700. The number of rotatable bonds is 2. The monoisotopic (exact) mass is 280 g/mol. The molecule has 1 heterocycles. The molecule has 0 aliphatic rings. The van der Waals surface area contributed by atoms with Gasteiger partial charge in [0.15, 0.2) is 0 Å². The predicted octanol–water partition coefficient (Wildman–Crippen LogP) is 5.30. The largest absolute Gasteiger partial charge is 0.139 e. The van der Waals surface area contributed by atoms with Gasteiger partial charge in [-0.15, -0.1) is 11.3 Å². The normalized spacial score (nSPS) is 10.9. The number of halogens is 1. The van der Waals surface area contributed by atoms with Crippen molar-refractivity contribution in [3.63, 3.8) is 0 Å². The highest BCUT2D eigenvalue weighted by Gasteiger charge is 2.10. The maximum Gasteiger partial charge on any atom is 0.0357 e. The van der Waals surface area contributed by atoms with Crippen molar-refractivity contribution in [2.45, 2.75) is 19.8 Å². The van der Waals surface area contributed by atoms with Crippen LogP contribution in [0, 0.1) is 0 Å². The first-order valence-electron chi connectivity index (χ1n) is 5.03. The molecule has 0 aliphatic carbocycles. The van der Waals surface area contributed by atoms with Crippen molar-refractivity contribution in [1.82, 2.24) is 0 Å². The van der Waals surface area contributed by atoms with E-state index in [1.165, 1.54) is 19.8 Å². The van der Waals surface area contributed by atoms with E-state index < -0.39 is 0 Å². The molecule has 0 fully saturated rings. The van der Waals surface area contributed by atoms with Gasteiger partial charge < -0.3 is 0 Å². The van der Waals surface area contributed by atoms with E-state index in [1.54, 1.807) is 0 Å². The molecule has 0 amide bonds. The summed E-state index contributed by atoms with van der Waals surface area (Å²) < 4.78 is 1.24. The summed E-state index contributed by atoms with van der Waals surface area (Å²) in [6, 6.07) is 12.7. The third kappa shape index (κ3) is 2.32. The highest BCUT2D eigenvalue weighted by atomic mass is 79.9. The molecule has 0 aliphatic heterocycles. The zero-order valence-corrected chi connectivity index (χ0v) is 11.2. The lowest BCUT2D eigenvalue weighted by molar-refractivity contribution is 0.885. The summed E-state index contributed by atoms with van der Waals surface area (Å²) in [5.74, 6) is 0.585. The summed E-state index contributed by atoms with van der Waals surface area (Å²) in [7, 11) is 0. The van der Waals surface area contributed by atoms with Gasteiger partial charge in [0.2, 0.25) is 0 Å². The Morgan fingerprint density at radius 1 is 1.13 bits per heavy atom. The van der Waals surface area contributed by atoms with Gasteiger partial charge >= 0.3 is 0 Å². The molecular formula is C13H13BrS. The zero-order chi connectivity index (χ0) is 10.8. The molecule has 0 atom stereocenters. The highest BCUT2D eigenvalue weighted by molar-refractivity contribution is 9.10. The molecule has 78 valence electrons. The summed E-state index contributed by atoms with van der Waals surface area (Å²) in [4.78, 5) is 2.76. The van der Waals surface area contributed by atoms with E-state index in [1.807, 2.05) is 11.3 Å². The highest BCUT2D eigenvalue weighted by Crippen LogP contribution is 2.38. The summed E-state index contributed by atoms with van der Waals surface area (Å²) in [5, 5.41) is 0. The molecule has 2 rings (SSSR count). The van der Waals surface area contributed by atoms with Gasteiger partial charge in [-0.05, 0) is 33.5 Å². The van der Waals surface area contributed by atoms with E-state index in [2.05, 4.69) is 66.2 Å². The Bertz CT molecular complexity index is 443. The van der Waals surface area contributed by atoms with Crippen molar-refractivity contribution in [3.05, 3.63) is 45.7 Å². The van der Waals surface area contributed by atoms with Crippen LogP contribution in [0.4, 0.5) is 0 Å². The Labute approximate surface area is 103 Å². The minimum absolute atomic E-state index is 0.585. The summed E-state index contributed by atoms with van der Waals surface area (Å²) in [6.07, 6.45) is 0. The average Bonchev–Trinajstić information content (AvgIpc) is 2.62. The van der Waals surface area contributed by atoms with Gasteiger partial charge in [0, 0.05) is 14.2 Å². The van der Waals surface area contributed by atoms with Gasteiger partial charge in [-0.1, -0.05) is 44.2 Å². The van der Waals surface area contributed by atoms with Crippen LogP contribution in [0.2, 0.25) is 0 Å². The smallest absolute Gasteiger partial charge is 0.0357 e. The lowest BCUT2D eigenvalue weighted by Crippen LogP contribution is -1.80. The number of hydrogen-bond donors (Lipinski definition) is 0. The zero-order valence-electron chi connectivity index (χ0n) is 8.83. The molecule has 0 nitrogen and oxygen atoms in total. The first kappa shape index (κ1) is 10.9. The van der Waals surface area contributed by atoms with E-state index in [0.29, 0.717) is 5.92 Å². The fourth-order valence-electron chi connectivity index (χ4n) is 1.52. The van der Waals surface area contributed by atoms with E-state index in [4.69, 9.17) is 0 Å². The second-order valence-electron chi connectivity index (χ2n) is 3.84. The molecule has 0 radical (unpaired) electrons. The summed E-state index contributed by atoms with van der Waals surface area (Å²) in [6.45, 7) is 4.46. The standard InChI is InChI=1S/C13H13BrS/c1-9(2)13-11(14)8-12(15-13)10-6-4-3-5-7-10/h3-9H,1-2H3. The molecular weight excluding hydrogens is 268 g/mol. The first-order valence-corrected chi connectivity index (χ1v) is 6.64. The molecule has 0 spiro atoms. The van der Waals surface area contributed by atoms with Crippen LogP contribution >= 0.6 is 27.3 Å². The van der Waals surface area contributed by atoms with Gasteiger partial charge in [0.05, 0.1) is 0 Å². The molecule has 15 heavy (non-hydrogen) atoms. The van der Waals surface area contributed by atoms with Gasteiger partial charge in [0.1, 0.15) is 0 Å². The molecule has 0 bridgehead atoms. The van der Waals surface area contributed by atoms with Crippen LogP contribution < -0.4 is 0 Å². The van der Waals surface area contributed by atoms with E-state index in [9.17, 15) is 0 Å². The number of thiophene rings is 1. The fourth-order valence-corrected chi connectivity index (χ4v) is 3.66. The molecule has 0 saturated carbocycles. The van der Waals surface area contributed by atoms with E-state index in [0.717, 1.165) is 0 Å². The van der Waals surface area contributed by atoms with Crippen molar-refractivity contribution in [2.75, 3.05) is 0 Å². The second kappa shape index (κ2) is 4.50. The molecule has 1 aromatic carbocycles. The Hall–Kier alpha value is -0.600. The third-order valence-electron chi connectivity index (χ3n) is 2.30. The topological polar surface area (TPSA) is 0 Å². The van der Waals surface area contributed by atoms with Crippen molar-refractivity contribution in [3.8, 4) is 10.4 Å². The van der Waals surface area contributed by atoms with Gasteiger partial charge in [-0.25, -0.2) is 0 Å². The molecule has 0 saturated heterocycles. The summed E-state index contributed by atoms with van der Waals surface area (Å²) in [5.41, 5.74) is 1.30. The summed E-state index contributed by atoms with van der Waals surface area (Å²) >= 11 is 5.50. The van der Waals surface area contributed by atoms with Crippen LogP contribution in [-0.2, 0) is 0 Å². The van der Waals surface area contributed by atoms with Gasteiger partial charge in [0.25, 0.3) is 0 Å². The van der Waals surface area contributed by atoms with Crippen LogP contribution in [0.15, 0.2) is 40.9 Å². The van der Waals surface area contributed by atoms with Crippen LogP contribution in [0.3, 0.4) is 0 Å². The molecule has 1 aromatic heterocycles. The Balaban J connectivity index is 2.43. The van der Waals surface area contributed by atoms with Crippen molar-refractivity contribution in [2.24, 2.45) is 0 Å². The minimum atomic E-state index is 0.585. The predicted molar refractivity (Wildman–Crippen MR) is 71.5 cm³/mol. The van der Waals surface area contributed by atoms with Crippen LogP contribution in [0.25, 0.3) is 10.4 Å². The number of hydrogen-bond acceptors (Lipinski definition) is 1. The number of benzene rings is 1. The maximum atomic E-state index is 3.63.